The number of hydrogen-bond acceptors (Lipinski definition) is 2. The van der Waals surface area contributed by atoms with Crippen LogP contribution in [0.25, 0.3) is 0 Å². The van der Waals surface area contributed by atoms with Crippen molar-refractivity contribution in [2.45, 2.75) is 38.5 Å². The van der Waals surface area contributed by atoms with E-state index in [1.54, 1.807) is 13.4 Å². The minimum atomic E-state index is 0.304. The van der Waals surface area contributed by atoms with Gasteiger partial charge in [0.2, 0.25) is 0 Å². The number of allylic oxidation sites excluding steroid dienone is 3. The van der Waals surface area contributed by atoms with E-state index in [2.05, 4.69) is 0 Å². The monoisotopic (exact) mass is 194 g/mol. The van der Waals surface area contributed by atoms with Gasteiger partial charge in [0.15, 0.2) is 5.78 Å². The van der Waals surface area contributed by atoms with E-state index >= 15 is 0 Å². The summed E-state index contributed by atoms with van der Waals surface area (Å²) >= 11 is 0. The van der Waals surface area contributed by atoms with Crippen molar-refractivity contribution in [2.24, 2.45) is 0 Å². The first kappa shape index (κ1) is 11.0. The summed E-state index contributed by atoms with van der Waals surface area (Å²) in [4.78, 5) is 11.1. The highest BCUT2D eigenvalue weighted by Crippen LogP contribution is 2.20. The van der Waals surface area contributed by atoms with Crippen molar-refractivity contribution in [3.8, 4) is 0 Å². The lowest BCUT2D eigenvalue weighted by atomic mass is 9.95. The molecule has 0 heterocycles. The van der Waals surface area contributed by atoms with Gasteiger partial charge in [0.25, 0.3) is 0 Å². The Morgan fingerprint density at radius 1 is 1.50 bits per heavy atom. The predicted octanol–water partition coefficient (Wildman–Crippen LogP) is 3.00. The van der Waals surface area contributed by atoms with Crippen molar-refractivity contribution in [3.63, 3.8) is 0 Å². The van der Waals surface area contributed by atoms with Crippen LogP contribution in [0.5, 0.6) is 0 Å². The molecule has 0 unspecified atom stereocenters. The molecule has 2 nitrogen and oxygen atoms in total. The van der Waals surface area contributed by atoms with Crippen molar-refractivity contribution >= 4 is 5.78 Å². The van der Waals surface area contributed by atoms with E-state index in [0.29, 0.717) is 5.78 Å². The molecule has 78 valence electrons. The molecule has 2 heteroatoms. The van der Waals surface area contributed by atoms with E-state index in [1.807, 2.05) is 12.2 Å². The zero-order chi connectivity index (χ0) is 10.2. The normalized spacial score (nSPS) is 17.2. The van der Waals surface area contributed by atoms with E-state index in [4.69, 9.17) is 4.74 Å². The van der Waals surface area contributed by atoms with Gasteiger partial charge in [-0.2, -0.15) is 0 Å². The summed E-state index contributed by atoms with van der Waals surface area (Å²) in [7, 11) is 1.65. The largest absolute Gasteiger partial charge is 0.505 e. The first-order valence-corrected chi connectivity index (χ1v) is 5.23. The lowest BCUT2D eigenvalue weighted by molar-refractivity contribution is -0.115. The fraction of sp³-hybridized carbons (Fsp3) is 0.583. The Morgan fingerprint density at radius 3 is 3.07 bits per heavy atom. The first-order valence-electron chi connectivity index (χ1n) is 5.23. The molecule has 0 saturated heterocycles. The maximum Gasteiger partial charge on any atom is 0.155 e. The Bertz CT molecular complexity index is 239. The van der Waals surface area contributed by atoms with Crippen molar-refractivity contribution in [1.29, 1.82) is 0 Å². The maximum atomic E-state index is 11.1. The summed E-state index contributed by atoms with van der Waals surface area (Å²) in [5.41, 5.74) is 1.33. The molecule has 1 aliphatic carbocycles. The molecule has 0 fully saturated rings. The number of hydrogen-bond donors (Lipinski definition) is 0. The minimum absolute atomic E-state index is 0.304. The van der Waals surface area contributed by atoms with Crippen LogP contribution in [-0.2, 0) is 9.53 Å². The second kappa shape index (κ2) is 6.41. The van der Waals surface area contributed by atoms with E-state index in [0.717, 1.165) is 38.5 Å². The van der Waals surface area contributed by atoms with Gasteiger partial charge in [-0.25, -0.2) is 0 Å². The molecule has 0 N–H and O–H groups in total. The third-order valence-electron chi connectivity index (χ3n) is 2.39. The van der Waals surface area contributed by atoms with Gasteiger partial charge in [0.05, 0.1) is 13.4 Å². The molecule has 0 saturated carbocycles. The smallest absolute Gasteiger partial charge is 0.155 e. The topological polar surface area (TPSA) is 26.3 Å². The number of carbonyl (C=O) groups is 1. The van der Waals surface area contributed by atoms with Crippen LogP contribution in [0.1, 0.15) is 38.5 Å². The number of carbonyl (C=O) groups excluding carboxylic acids is 1. The number of ether oxygens (including phenoxy) is 1. The molecule has 0 aliphatic heterocycles. The third-order valence-corrected chi connectivity index (χ3v) is 2.39. The Kier molecular flexibility index (Phi) is 5.05. The maximum absolute atomic E-state index is 11.1. The van der Waals surface area contributed by atoms with Crippen LogP contribution in [0.15, 0.2) is 24.0 Å². The zero-order valence-corrected chi connectivity index (χ0v) is 8.79. The molecule has 0 aromatic rings. The van der Waals surface area contributed by atoms with Crippen molar-refractivity contribution < 1.29 is 9.53 Å². The molecule has 1 rings (SSSR count). The van der Waals surface area contributed by atoms with Gasteiger partial charge in [-0.1, -0.05) is 5.57 Å². The standard InChI is InChI=1S/C12H18O2/c1-14-9-4-2-3-6-11-7-5-8-12(13)10-11/h4,9-10H,2-3,5-8H2,1H3. The summed E-state index contributed by atoms with van der Waals surface area (Å²) in [6, 6.07) is 0. The first-order chi connectivity index (χ1) is 6.83. The Hall–Kier alpha value is -1.05. The van der Waals surface area contributed by atoms with Gasteiger partial charge < -0.3 is 4.74 Å². The molecular formula is C12H18O2. The Morgan fingerprint density at radius 2 is 2.36 bits per heavy atom. The molecule has 0 aromatic carbocycles. The van der Waals surface area contributed by atoms with E-state index < -0.39 is 0 Å². The van der Waals surface area contributed by atoms with Crippen molar-refractivity contribution in [3.05, 3.63) is 24.0 Å². The Labute approximate surface area is 85.6 Å². The highest BCUT2D eigenvalue weighted by molar-refractivity contribution is 5.91. The summed E-state index contributed by atoms with van der Waals surface area (Å²) in [5, 5.41) is 0. The third kappa shape index (κ3) is 4.26. The Balaban J connectivity index is 2.17. The molecular weight excluding hydrogens is 176 g/mol. The molecule has 1 aliphatic rings. The number of rotatable bonds is 5. The molecule has 0 bridgehead atoms. The molecule has 0 atom stereocenters. The molecule has 14 heavy (non-hydrogen) atoms. The fourth-order valence-corrected chi connectivity index (χ4v) is 1.67. The van der Waals surface area contributed by atoms with Gasteiger partial charge in [-0.3, -0.25) is 4.79 Å². The van der Waals surface area contributed by atoms with Crippen LogP contribution in [0.2, 0.25) is 0 Å². The lowest BCUT2D eigenvalue weighted by Crippen LogP contribution is -2.02. The second-order valence-corrected chi connectivity index (χ2v) is 3.62. The number of methoxy groups -OCH3 is 1. The molecule has 0 aromatic heterocycles. The molecule has 0 radical (unpaired) electrons. The van der Waals surface area contributed by atoms with Gasteiger partial charge in [0, 0.05) is 6.42 Å². The molecule has 0 spiro atoms. The van der Waals surface area contributed by atoms with E-state index in [1.165, 1.54) is 5.57 Å². The minimum Gasteiger partial charge on any atom is -0.505 e. The average Bonchev–Trinajstić information content (AvgIpc) is 2.18. The summed E-state index contributed by atoms with van der Waals surface area (Å²) in [6.45, 7) is 0. The van der Waals surface area contributed by atoms with Crippen LogP contribution < -0.4 is 0 Å². The van der Waals surface area contributed by atoms with Crippen LogP contribution in [-0.4, -0.2) is 12.9 Å². The van der Waals surface area contributed by atoms with E-state index in [9.17, 15) is 4.79 Å². The molecule has 0 amide bonds. The summed E-state index contributed by atoms with van der Waals surface area (Å²) in [6.07, 6.45) is 11.7. The van der Waals surface area contributed by atoms with Crippen molar-refractivity contribution in [1.82, 2.24) is 0 Å². The quantitative estimate of drug-likeness (QED) is 0.496. The van der Waals surface area contributed by atoms with Gasteiger partial charge in [0.1, 0.15) is 0 Å². The number of ketones is 1. The van der Waals surface area contributed by atoms with Crippen LogP contribution in [0.3, 0.4) is 0 Å². The van der Waals surface area contributed by atoms with Gasteiger partial charge in [-0.05, 0) is 44.3 Å². The zero-order valence-electron chi connectivity index (χ0n) is 8.79. The number of unbranched alkanes of at least 4 members (excludes halogenated alkanes) is 1. The lowest BCUT2D eigenvalue weighted by Gasteiger charge is -2.10. The second-order valence-electron chi connectivity index (χ2n) is 3.62. The SMILES string of the molecule is COC=CCCCC1=CC(=O)CCC1. The van der Waals surface area contributed by atoms with Crippen LogP contribution >= 0.6 is 0 Å². The fourth-order valence-electron chi connectivity index (χ4n) is 1.67. The van der Waals surface area contributed by atoms with Gasteiger partial charge in [-0.15, -0.1) is 0 Å². The summed E-state index contributed by atoms with van der Waals surface area (Å²) < 4.78 is 4.80. The van der Waals surface area contributed by atoms with Crippen molar-refractivity contribution in [2.75, 3.05) is 7.11 Å². The van der Waals surface area contributed by atoms with Gasteiger partial charge >= 0.3 is 0 Å². The highest BCUT2D eigenvalue weighted by Gasteiger charge is 2.08. The van der Waals surface area contributed by atoms with Crippen LogP contribution in [0.4, 0.5) is 0 Å². The van der Waals surface area contributed by atoms with Crippen LogP contribution in [0, 0.1) is 0 Å². The predicted molar refractivity (Wildman–Crippen MR) is 56.9 cm³/mol. The average molecular weight is 194 g/mol. The summed E-state index contributed by atoms with van der Waals surface area (Å²) in [5.74, 6) is 0.304. The highest BCUT2D eigenvalue weighted by atomic mass is 16.5. The van der Waals surface area contributed by atoms with E-state index in [-0.39, 0.29) is 0 Å².